The lowest BCUT2D eigenvalue weighted by Crippen LogP contribution is -2.32. The molecule has 0 unspecified atom stereocenters. The normalized spacial score (nSPS) is 10.6. The lowest BCUT2D eigenvalue weighted by Gasteiger charge is -2.10. The number of imidazole rings is 1. The van der Waals surface area contributed by atoms with Crippen molar-refractivity contribution in [2.24, 2.45) is 0 Å². The number of benzene rings is 1. The lowest BCUT2D eigenvalue weighted by molar-refractivity contribution is 0.252. The van der Waals surface area contributed by atoms with E-state index in [1.54, 1.807) is 25.4 Å². The summed E-state index contributed by atoms with van der Waals surface area (Å²) < 4.78 is 15.4. The van der Waals surface area contributed by atoms with Crippen molar-refractivity contribution in [3.8, 4) is 5.82 Å². The zero-order valence-corrected chi connectivity index (χ0v) is 16.0. The molecule has 0 bridgehead atoms. The van der Waals surface area contributed by atoms with Crippen LogP contribution < -0.4 is 16.0 Å². The summed E-state index contributed by atoms with van der Waals surface area (Å²) in [5, 5.41) is 8.42. The first-order valence-electron chi connectivity index (χ1n) is 8.82. The van der Waals surface area contributed by atoms with Gasteiger partial charge in [-0.1, -0.05) is 6.07 Å². The molecule has 3 rings (SSSR count). The summed E-state index contributed by atoms with van der Waals surface area (Å²) >= 11 is 0. The third-order valence-corrected chi connectivity index (χ3v) is 4.30. The summed E-state index contributed by atoms with van der Waals surface area (Å²) in [6.45, 7) is 6.41. The maximum absolute atomic E-state index is 13.5. The number of hydrogen-bond acceptors (Lipinski definition) is 5. The Morgan fingerprint density at radius 1 is 1.11 bits per heavy atom. The molecule has 3 N–H and O–H groups in total. The molecule has 0 radical (unpaired) electrons. The van der Waals surface area contributed by atoms with Crippen LogP contribution in [0.25, 0.3) is 5.82 Å². The number of hydrogen-bond donors (Lipinski definition) is 3. The fraction of sp³-hybridized carbons (Fsp3) is 0.263. The van der Waals surface area contributed by atoms with Gasteiger partial charge in [0.15, 0.2) is 0 Å². The Morgan fingerprint density at radius 2 is 1.93 bits per heavy atom. The molecule has 0 aliphatic heterocycles. The second-order valence-electron chi connectivity index (χ2n) is 6.32. The zero-order chi connectivity index (χ0) is 20.1. The molecule has 2 amide bonds. The van der Waals surface area contributed by atoms with Gasteiger partial charge in [0.1, 0.15) is 30.1 Å². The maximum Gasteiger partial charge on any atom is 0.319 e. The van der Waals surface area contributed by atoms with E-state index in [-0.39, 0.29) is 5.82 Å². The van der Waals surface area contributed by atoms with Crippen molar-refractivity contribution in [2.75, 3.05) is 23.7 Å². The number of aryl methyl sites for hydroxylation is 2. The van der Waals surface area contributed by atoms with E-state index in [4.69, 9.17) is 0 Å². The van der Waals surface area contributed by atoms with Crippen LogP contribution in [0, 0.1) is 26.6 Å². The van der Waals surface area contributed by atoms with Gasteiger partial charge >= 0.3 is 6.03 Å². The van der Waals surface area contributed by atoms with E-state index in [0.717, 1.165) is 11.4 Å². The van der Waals surface area contributed by atoms with Crippen LogP contribution in [0.1, 0.15) is 17.0 Å². The first-order valence-corrected chi connectivity index (χ1v) is 8.82. The molecule has 1 aromatic carbocycles. The summed E-state index contributed by atoms with van der Waals surface area (Å²) in [5.41, 5.74) is 2.88. The fourth-order valence-electron chi connectivity index (χ4n) is 2.52. The Bertz CT molecular complexity index is 986. The number of nitrogens with zero attached hydrogens (tertiary/aromatic N) is 4. The van der Waals surface area contributed by atoms with Crippen molar-refractivity contribution >= 4 is 17.5 Å². The van der Waals surface area contributed by atoms with Crippen LogP contribution in [-0.4, -0.2) is 38.6 Å². The van der Waals surface area contributed by atoms with Gasteiger partial charge < -0.3 is 16.0 Å². The molecule has 28 heavy (non-hydrogen) atoms. The van der Waals surface area contributed by atoms with Crippen molar-refractivity contribution < 1.29 is 9.18 Å². The second kappa shape index (κ2) is 8.47. The number of halogens is 1. The van der Waals surface area contributed by atoms with Crippen LogP contribution in [0.4, 0.5) is 20.7 Å². The number of aromatic nitrogens is 4. The van der Waals surface area contributed by atoms with E-state index in [1.165, 1.54) is 12.4 Å². The van der Waals surface area contributed by atoms with Gasteiger partial charge in [0.2, 0.25) is 0 Å². The van der Waals surface area contributed by atoms with Gasteiger partial charge in [0.25, 0.3) is 0 Å². The smallest absolute Gasteiger partial charge is 0.319 e. The Labute approximate surface area is 162 Å². The average Bonchev–Trinajstić information content (AvgIpc) is 3.01. The SMILES string of the molecule is Cc1ccc(NC(=O)NCCNc2cc(-n3cnc(C)c3C)ncn2)cc1F. The molecule has 3 aromatic rings. The molecule has 0 fully saturated rings. The predicted molar refractivity (Wildman–Crippen MR) is 105 cm³/mol. The molecular formula is C19H22FN7O. The summed E-state index contributed by atoms with van der Waals surface area (Å²) in [5.74, 6) is 0.989. The Hall–Kier alpha value is -3.49. The third-order valence-electron chi connectivity index (χ3n) is 4.30. The minimum atomic E-state index is -0.405. The fourth-order valence-corrected chi connectivity index (χ4v) is 2.52. The van der Waals surface area contributed by atoms with Crippen molar-refractivity contribution in [1.82, 2.24) is 24.8 Å². The van der Waals surface area contributed by atoms with E-state index in [1.807, 2.05) is 24.5 Å². The first-order chi connectivity index (χ1) is 13.4. The highest BCUT2D eigenvalue weighted by molar-refractivity contribution is 5.89. The van der Waals surface area contributed by atoms with Gasteiger partial charge in [-0.25, -0.2) is 24.1 Å². The zero-order valence-electron chi connectivity index (χ0n) is 16.0. The van der Waals surface area contributed by atoms with Crippen molar-refractivity contribution in [3.63, 3.8) is 0 Å². The highest BCUT2D eigenvalue weighted by Gasteiger charge is 2.07. The minimum Gasteiger partial charge on any atom is -0.368 e. The van der Waals surface area contributed by atoms with Crippen molar-refractivity contribution in [2.45, 2.75) is 20.8 Å². The van der Waals surface area contributed by atoms with Gasteiger partial charge in [-0.15, -0.1) is 0 Å². The second-order valence-corrected chi connectivity index (χ2v) is 6.32. The van der Waals surface area contributed by atoms with Gasteiger partial charge in [0.05, 0.1) is 5.69 Å². The van der Waals surface area contributed by atoms with Gasteiger partial charge in [-0.3, -0.25) is 4.57 Å². The molecule has 9 heteroatoms. The van der Waals surface area contributed by atoms with Crippen LogP contribution in [0.15, 0.2) is 36.9 Å². The van der Waals surface area contributed by atoms with Gasteiger partial charge in [0, 0.05) is 30.5 Å². The monoisotopic (exact) mass is 383 g/mol. The molecule has 8 nitrogen and oxygen atoms in total. The Balaban J connectivity index is 1.48. The Morgan fingerprint density at radius 3 is 2.64 bits per heavy atom. The number of carbonyl (C=O) groups is 1. The number of carbonyl (C=O) groups excluding carboxylic acids is 1. The Kier molecular flexibility index (Phi) is 5.83. The maximum atomic E-state index is 13.5. The van der Waals surface area contributed by atoms with Crippen LogP contribution in [0.5, 0.6) is 0 Å². The largest absolute Gasteiger partial charge is 0.368 e. The van der Waals surface area contributed by atoms with Crippen LogP contribution >= 0.6 is 0 Å². The number of nitrogens with one attached hydrogen (secondary N) is 3. The predicted octanol–water partition coefficient (Wildman–Crippen LogP) is 2.96. The number of urea groups is 1. The molecule has 0 saturated heterocycles. The van der Waals surface area contributed by atoms with E-state index in [0.29, 0.717) is 36.0 Å². The number of rotatable bonds is 6. The molecule has 2 heterocycles. The molecule has 146 valence electrons. The molecule has 0 spiro atoms. The van der Waals surface area contributed by atoms with Crippen molar-refractivity contribution in [3.05, 3.63) is 59.7 Å². The van der Waals surface area contributed by atoms with Gasteiger partial charge in [-0.05, 0) is 38.5 Å². The standard InChI is InChI=1S/C19H22FN7O/c1-12-4-5-15(8-16(12)20)26-19(28)22-7-6-21-17-9-18(24-10-23-17)27-11-25-13(2)14(27)3/h4-5,8-11H,6-7H2,1-3H3,(H,21,23,24)(H2,22,26,28). The first kappa shape index (κ1) is 19.3. The average molecular weight is 383 g/mol. The highest BCUT2D eigenvalue weighted by Crippen LogP contribution is 2.14. The molecular weight excluding hydrogens is 361 g/mol. The summed E-state index contributed by atoms with van der Waals surface area (Å²) in [6, 6.07) is 5.96. The molecule has 0 atom stereocenters. The van der Waals surface area contributed by atoms with Crippen LogP contribution in [0.2, 0.25) is 0 Å². The lowest BCUT2D eigenvalue weighted by atomic mass is 10.2. The van der Waals surface area contributed by atoms with Crippen molar-refractivity contribution in [1.29, 1.82) is 0 Å². The third kappa shape index (κ3) is 4.61. The van der Waals surface area contributed by atoms with Gasteiger partial charge in [-0.2, -0.15) is 0 Å². The summed E-state index contributed by atoms with van der Waals surface area (Å²) in [6.07, 6.45) is 3.19. The van der Waals surface area contributed by atoms with E-state index >= 15 is 0 Å². The van der Waals surface area contributed by atoms with Crippen LogP contribution in [0.3, 0.4) is 0 Å². The van der Waals surface area contributed by atoms with E-state index in [9.17, 15) is 9.18 Å². The van der Waals surface area contributed by atoms with E-state index in [2.05, 4.69) is 30.9 Å². The number of amides is 2. The topological polar surface area (TPSA) is 96.8 Å². The van der Waals surface area contributed by atoms with E-state index < -0.39 is 6.03 Å². The molecule has 0 saturated carbocycles. The quantitative estimate of drug-likeness (QED) is 0.569. The molecule has 0 aliphatic rings. The number of anilines is 2. The highest BCUT2D eigenvalue weighted by atomic mass is 19.1. The van der Waals surface area contributed by atoms with Crippen LogP contribution in [-0.2, 0) is 0 Å². The summed E-state index contributed by atoms with van der Waals surface area (Å²) in [4.78, 5) is 24.6. The summed E-state index contributed by atoms with van der Waals surface area (Å²) in [7, 11) is 0. The minimum absolute atomic E-state index is 0.359. The molecule has 0 aliphatic carbocycles. The molecule has 2 aromatic heterocycles.